The second kappa shape index (κ2) is 4.93. The van der Waals surface area contributed by atoms with Crippen LogP contribution in [-0.2, 0) is 0 Å². The summed E-state index contributed by atoms with van der Waals surface area (Å²) in [6, 6.07) is 0. The summed E-state index contributed by atoms with van der Waals surface area (Å²) in [4.78, 5) is 0. The summed E-state index contributed by atoms with van der Waals surface area (Å²) in [6.07, 6.45) is 0. The Bertz CT molecular complexity index is 180. The topological polar surface area (TPSA) is 0 Å². The van der Waals surface area contributed by atoms with E-state index in [0.717, 1.165) is 11.8 Å². The third-order valence-corrected chi connectivity index (χ3v) is 3.46. The van der Waals surface area contributed by atoms with Crippen molar-refractivity contribution in [3.63, 3.8) is 0 Å². The molecule has 15 heavy (non-hydrogen) atoms. The standard InChI is InChI=1S/C14H30B/c1-10(2)11(13(3,4)5)12(15-9)14(6,7)8/h10-12H,1-9H3. The predicted molar refractivity (Wildman–Crippen MR) is 72.6 cm³/mol. The highest BCUT2D eigenvalue weighted by Gasteiger charge is 2.39. The van der Waals surface area contributed by atoms with Crippen molar-refractivity contribution in [3.8, 4) is 0 Å². The zero-order valence-electron chi connectivity index (χ0n) is 12.3. The van der Waals surface area contributed by atoms with Gasteiger partial charge in [0, 0.05) is 0 Å². The van der Waals surface area contributed by atoms with Crippen LogP contribution < -0.4 is 0 Å². The fourth-order valence-corrected chi connectivity index (χ4v) is 3.20. The Balaban J connectivity index is 5.06. The van der Waals surface area contributed by atoms with E-state index in [2.05, 4.69) is 69.5 Å². The van der Waals surface area contributed by atoms with Crippen LogP contribution in [0.25, 0.3) is 0 Å². The molecule has 0 aromatic rings. The molecule has 0 saturated heterocycles. The lowest BCUT2D eigenvalue weighted by molar-refractivity contribution is 0.119. The van der Waals surface area contributed by atoms with Gasteiger partial charge in [0.05, 0.1) is 0 Å². The summed E-state index contributed by atoms with van der Waals surface area (Å²) >= 11 is 0. The Kier molecular flexibility index (Phi) is 4.95. The molecule has 0 aromatic carbocycles. The number of hydrogen-bond donors (Lipinski definition) is 0. The second-order valence-electron chi connectivity index (χ2n) is 7.36. The zero-order valence-corrected chi connectivity index (χ0v) is 12.3. The third-order valence-electron chi connectivity index (χ3n) is 3.46. The molecule has 0 rings (SSSR count). The predicted octanol–water partition coefficient (Wildman–Crippen LogP) is 4.89. The molecule has 0 spiro atoms. The van der Waals surface area contributed by atoms with Crippen molar-refractivity contribution < 1.29 is 0 Å². The van der Waals surface area contributed by atoms with Crippen molar-refractivity contribution in [1.82, 2.24) is 0 Å². The van der Waals surface area contributed by atoms with Crippen molar-refractivity contribution in [2.24, 2.45) is 22.7 Å². The first-order valence-corrected chi connectivity index (χ1v) is 6.31. The van der Waals surface area contributed by atoms with Gasteiger partial charge in [0.15, 0.2) is 0 Å². The van der Waals surface area contributed by atoms with Gasteiger partial charge in [-0.25, -0.2) is 0 Å². The third kappa shape index (κ3) is 4.21. The summed E-state index contributed by atoms with van der Waals surface area (Å²) < 4.78 is 0. The molecule has 0 aliphatic rings. The average molecular weight is 209 g/mol. The van der Waals surface area contributed by atoms with E-state index in [1.807, 2.05) is 0 Å². The molecule has 0 saturated carbocycles. The zero-order chi connectivity index (χ0) is 12.4. The highest BCUT2D eigenvalue weighted by molar-refractivity contribution is 6.36. The van der Waals surface area contributed by atoms with Crippen LogP contribution in [0, 0.1) is 22.7 Å². The van der Waals surface area contributed by atoms with Crippen LogP contribution in [0.5, 0.6) is 0 Å². The molecular formula is C14H30B. The van der Waals surface area contributed by atoms with Gasteiger partial charge in [0.25, 0.3) is 0 Å². The highest BCUT2D eigenvalue weighted by Crippen LogP contribution is 2.48. The molecule has 1 radical (unpaired) electrons. The normalized spacial score (nSPS) is 17.7. The maximum Gasteiger partial charge on any atom is 0.111 e. The first-order valence-electron chi connectivity index (χ1n) is 6.31. The molecule has 2 unspecified atom stereocenters. The van der Waals surface area contributed by atoms with Crippen molar-refractivity contribution >= 4 is 7.28 Å². The molecular weight excluding hydrogens is 179 g/mol. The summed E-state index contributed by atoms with van der Waals surface area (Å²) in [5, 5.41) is 0. The van der Waals surface area contributed by atoms with Crippen LogP contribution in [0.2, 0.25) is 12.6 Å². The van der Waals surface area contributed by atoms with Gasteiger partial charge >= 0.3 is 0 Å². The van der Waals surface area contributed by atoms with Gasteiger partial charge in [-0.2, -0.15) is 0 Å². The van der Waals surface area contributed by atoms with Gasteiger partial charge in [-0.1, -0.05) is 68.0 Å². The van der Waals surface area contributed by atoms with E-state index in [1.54, 1.807) is 0 Å². The number of rotatable bonds is 3. The molecule has 0 bridgehead atoms. The van der Waals surface area contributed by atoms with Crippen molar-refractivity contribution in [2.45, 2.75) is 68.0 Å². The molecule has 0 amide bonds. The first-order chi connectivity index (χ1) is 6.51. The minimum atomic E-state index is 0.372. The van der Waals surface area contributed by atoms with Crippen LogP contribution >= 0.6 is 0 Å². The van der Waals surface area contributed by atoms with E-state index in [-0.39, 0.29) is 0 Å². The Labute approximate surface area is 98.5 Å². The van der Waals surface area contributed by atoms with E-state index in [4.69, 9.17) is 0 Å². The summed E-state index contributed by atoms with van der Waals surface area (Å²) in [6.45, 7) is 21.1. The van der Waals surface area contributed by atoms with Gasteiger partial charge in [-0.3, -0.25) is 0 Å². The van der Waals surface area contributed by atoms with E-state index in [9.17, 15) is 0 Å². The van der Waals surface area contributed by atoms with Gasteiger partial charge < -0.3 is 0 Å². The van der Waals surface area contributed by atoms with Gasteiger partial charge in [0.1, 0.15) is 7.28 Å². The first kappa shape index (κ1) is 15.1. The van der Waals surface area contributed by atoms with E-state index < -0.39 is 0 Å². The van der Waals surface area contributed by atoms with Crippen LogP contribution in [-0.4, -0.2) is 7.28 Å². The largest absolute Gasteiger partial charge is 0.111 e. The van der Waals surface area contributed by atoms with Gasteiger partial charge in [-0.05, 0) is 22.7 Å². The summed E-state index contributed by atoms with van der Waals surface area (Å²) in [7, 11) is 2.41. The second-order valence-corrected chi connectivity index (χ2v) is 7.36. The molecule has 0 N–H and O–H groups in total. The van der Waals surface area contributed by atoms with Crippen molar-refractivity contribution in [1.29, 1.82) is 0 Å². The van der Waals surface area contributed by atoms with Crippen LogP contribution in [0.1, 0.15) is 55.4 Å². The molecule has 0 aliphatic heterocycles. The Morgan fingerprint density at radius 3 is 1.27 bits per heavy atom. The molecule has 0 aromatic heterocycles. The average Bonchev–Trinajstić information content (AvgIpc) is 1.93. The monoisotopic (exact) mass is 209 g/mol. The summed E-state index contributed by atoms with van der Waals surface area (Å²) in [5.74, 6) is 2.19. The molecule has 0 fully saturated rings. The molecule has 0 nitrogen and oxygen atoms in total. The quantitative estimate of drug-likeness (QED) is 0.580. The van der Waals surface area contributed by atoms with E-state index >= 15 is 0 Å². The van der Waals surface area contributed by atoms with Crippen LogP contribution in [0.4, 0.5) is 0 Å². The smallest absolute Gasteiger partial charge is 0.0917 e. The molecule has 1 heteroatoms. The molecule has 0 heterocycles. The van der Waals surface area contributed by atoms with Gasteiger partial charge in [0.2, 0.25) is 0 Å². The molecule has 0 aliphatic carbocycles. The minimum Gasteiger partial charge on any atom is -0.0917 e. The SMILES string of the molecule is C[B]C(C(C(C)C)C(C)(C)C)C(C)(C)C. The highest BCUT2D eigenvalue weighted by atomic mass is 14.4. The minimum absolute atomic E-state index is 0.372. The van der Waals surface area contributed by atoms with E-state index in [1.165, 1.54) is 0 Å². The fraction of sp³-hybridized carbons (Fsp3) is 1.00. The lowest BCUT2D eigenvalue weighted by atomic mass is 9.46. The molecule has 89 valence electrons. The van der Waals surface area contributed by atoms with Crippen molar-refractivity contribution in [3.05, 3.63) is 0 Å². The van der Waals surface area contributed by atoms with Crippen LogP contribution in [0.3, 0.4) is 0 Å². The van der Waals surface area contributed by atoms with Crippen molar-refractivity contribution in [2.75, 3.05) is 0 Å². The Morgan fingerprint density at radius 2 is 1.20 bits per heavy atom. The van der Waals surface area contributed by atoms with E-state index in [0.29, 0.717) is 16.6 Å². The van der Waals surface area contributed by atoms with Crippen LogP contribution in [0.15, 0.2) is 0 Å². The Hall–Kier alpha value is 0.0649. The number of hydrogen-bond acceptors (Lipinski definition) is 0. The lowest BCUT2D eigenvalue weighted by Crippen LogP contribution is -2.37. The van der Waals surface area contributed by atoms with Gasteiger partial charge in [-0.15, -0.1) is 0 Å². The Morgan fingerprint density at radius 1 is 0.800 bits per heavy atom. The fourth-order valence-electron chi connectivity index (χ4n) is 3.20. The lowest BCUT2D eigenvalue weighted by Gasteiger charge is -2.46. The molecule has 2 atom stereocenters. The maximum absolute atomic E-state index is 2.41. The summed E-state index contributed by atoms with van der Waals surface area (Å²) in [5.41, 5.74) is 0.760. The maximum atomic E-state index is 2.41.